The highest BCUT2D eigenvalue weighted by Crippen LogP contribution is 2.31. The van der Waals surface area contributed by atoms with E-state index in [1.54, 1.807) is 0 Å². The maximum absolute atomic E-state index is 12.9. The molecule has 4 rings (SSSR count). The van der Waals surface area contributed by atoms with Gasteiger partial charge >= 0.3 is 0 Å². The number of amides is 2. The summed E-state index contributed by atoms with van der Waals surface area (Å²) < 4.78 is 6.25. The average Bonchev–Trinajstić information content (AvgIpc) is 3.43. The average molecular weight is 606 g/mol. The van der Waals surface area contributed by atoms with E-state index in [9.17, 15) is 14.9 Å². The number of piperazine rings is 1. The molecule has 2 N–H and O–H groups in total. The number of likely N-dealkylation sites (N-methyl/N-ethyl adjacent to an activating group) is 1. The maximum Gasteiger partial charge on any atom is 0.251 e. The van der Waals surface area contributed by atoms with Crippen molar-refractivity contribution in [1.29, 1.82) is 5.26 Å². The highest BCUT2D eigenvalue weighted by Gasteiger charge is 2.37. The highest BCUT2D eigenvalue weighted by atomic mass is 32.1. The Morgan fingerprint density at radius 2 is 1.74 bits per heavy atom. The van der Waals surface area contributed by atoms with Gasteiger partial charge in [-0.2, -0.15) is 17.9 Å². The minimum atomic E-state index is -0.823. The minimum absolute atomic E-state index is 0.0945. The normalized spacial score (nSPS) is 21.1. The molecule has 0 radical (unpaired) electrons. The minimum Gasteiger partial charge on any atom is -0.371 e. The number of thiol groups is 1. The summed E-state index contributed by atoms with van der Waals surface area (Å²) in [4.78, 5) is 30.6. The first-order chi connectivity index (χ1) is 20.5. The van der Waals surface area contributed by atoms with Crippen LogP contribution >= 0.6 is 12.6 Å². The quantitative estimate of drug-likeness (QED) is 0.329. The number of ether oxygens (including phenoxy) is 1. The molecule has 0 spiro atoms. The van der Waals surface area contributed by atoms with Gasteiger partial charge in [0.05, 0.1) is 24.8 Å². The van der Waals surface area contributed by atoms with Gasteiger partial charge < -0.3 is 20.3 Å². The van der Waals surface area contributed by atoms with Crippen molar-refractivity contribution in [2.45, 2.75) is 77.1 Å². The van der Waals surface area contributed by atoms with Crippen molar-refractivity contribution in [3.05, 3.63) is 70.8 Å². The molecule has 2 fully saturated rings. The molecule has 43 heavy (non-hydrogen) atoms. The van der Waals surface area contributed by atoms with Gasteiger partial charge in [0.2, 0.25) is 5.91 Å². The molecule has 0 bridgehead atoms. The Bertz CT molecular complexity index is 1260. The van der Waals surface area contributed by atoms with Crippen LogP contribution in [0.15, 0.2) is 48.5 Å². The van der Waals surface area contributed by atoms with E-state index >= 15 is 0 Å². The third-order valence-corrected chi connectivity index (χ3v) is 9.60. The van der Waals surface area contributed by atoms with Gasteiger partial charge in [-0.3, -0.25) is 14.5 Å². The smallest absolute Gasteiger partial charge is 0.251 e. The van der Waals surface area contributed by atoms with Crippen LogP contribution in [-0.2, 0) is 29.2 Å². The van der Waals surface area contributed by atoms with E-state index in [4.69, 9.17) is 4.74 Å². The van der Waals surface area contributed by atoms with Crippen molar-refractivity contribution in [2.24, 2.45) is 11.3 Å². The number of nitriles is 1. The molecule has 8 nitrogen and oxygen atoms in total. The van der Waals surface area contributed by atoms with Gasteiger partial charge in [-0.15, -0.1) is 0 Å². The molecule has 2 amide bonds. The van der Waals surface area contributed by atoms with Crippen LogP contribution in [0.5, 0.6) is 0 Å². The van der Waals surface area contributed by atoms with Crippen molar-refractivity contribution in [2.75, 3.05) is 33.2 Å². The lowest BCUT2D eigenvalue weighted by Crippen LogP contribution is -2.47. The third-order valence-electron chi connectivity index (χ3n) is 8.53. The van der Waals surface area contributed by atoms with E-state index in [1.165, 1.54) is 5.56 Å². The van der Waals surface area contributed by atoms with Gasteiger partial charge in [-0.05, 0) is 60.5 Å². The molecule has 2 aromatic rings. The van der Waals surface area contributed by atoms with Crippen LogP contribution in [0.4, 0.5) is 0 Å². The zero-order valence-electron chi connectivity index (χ0n) is 26.0. The number of nitrogens with one attached hydrogen (secondary N) is 2. The Kier molecular flexibility index (Phi) is 11.7. The first kappa shape index (κ1) is 33.0. The zero-order chi connectivity index (χ0) is 31.0. The van der Waals surface area contributed by atoms with Crippen LogP contribution in [0, 0.1) is 22.7 Å². The Balaban J connectivity index is 1.24. The summed E-state index contributed by atoms with van der Waals surface area (Å²) in [7, 11) is 2.16. The molecule has 1 aliphatic heterocycles. The second kappa shape index (κ2) is 15.2. The number of rotatable bonds is 11. The predicted octanol–water partition coefficient (Wildman–Crippen LogP) is 4.40. The summed E-state index contributed by atoms with van der Waals surface area (Å²) in [6, 6.07) is 17.9. The number of carbonyl (C=O) groups excluding carboxylic acids is 2. The van der Waals surface area contributed by atoms with Crippen LogP contribution in [0.1, 0.15) is 67.1 Å². The van der Waals surface area contributed by atoms with Crippen molar-refractivity contribution in [3.8, 4) is 6.07 Å². The summed E-state index contributed by atoms with van der Waals surface area (Å²) >= 11 is 4.58. The maximum atomic E-state index is 12.9. The summed E-state index contributed by atoms with van der Waals surface area (Å²) in [5.74, 6) is -1.19. The highest BCUT2D eigenvalue weighted by molar-refractivity contribution is 7.81. The third kappa shape index (κ3) is 9.54. The lowest BCUT2D eigenvalue weighted by atomic mass is 9.84. The van der Waals surface area contributed by atoms with Crippen LogP contribution in [0.25, 0.3) is 0 Å². The Hall–Kier alpha value is -2.90. The van der Waals surface area contributed by atoms with Gasteiger partial charge in [0, 0.05) is 50.1 Å². The van der Waals surface area contributed by atoms with Crippen LogP contribution in [0.3, 0.4) is 0 Å². The van der Waals surface area contributed by atoms with Gasteiger partial charge in [-0.25, -0.2) is 0 Å². The van der Waals surface area contributed by atoms with E-state index in [0.29, 0.717) is 18.7 Å². The second-order valence-corrected chi connectivity index (χ2v) is 13.6. The van der Waals surface area contributed by atoms with E-state index in [2.05, 4.69) is 46.2 Å². The van der Waals surface area contributed by atoms with Crippen LogP contribution in [-0.4, -0.2) is 72.2 Å². The number of carbonyl (C=O) groups is 2. The van der Waals surface area contributed by atoms with E-state index < -0.39 is 5.92 Å². The van der Waals surface area contributed by atoms with Crippen molar-refractivity contribution in [3.63, 3.8) is 0 Å². The molecule has 2 aromatic carbocycles. The van der Waals surface area contributed by atoms with Crippen molar-refractivity contribution >= 4 is 24.4 Å². The topological polar surface area (TPSA) is 97.7 Å². The Morgan fingerprint density at radius 1 is 1.05 bits per heavy atom. The summed E-state index contributed by atoms with van der Waals surface area (Å²) in [5.41, 5.74) is 3.61. The zero-order valence-corrected chi connectivity index (χ0v) is 26.9. The number of benzene rings is 2. The molecule has 1 saturated carbocycles. The second-order valence-electron chi connectivity index (χ2n) is 13.1. The van der Waals surface area contributed by atoms with Crippen molar-refractivity contribution in [1.82, 2.24) is 20.4 Å². The largest absolute Gasteiger partial charge is 0.371 e. The lowest BCUT2D eigenvalue weighted by molar-refractivity contribution is -0.125. The Labute approximate surface area is 262 Å². The fourth-order valence-electron chi connectivity index (χ4n) is 5.68. The van der Waals surface area contributed by atoms with E-state index in [0.717, 1.165) is 63.1 Å². The van der Waals surface area contributed by atoms with Gasteiger partial charge in [0.15, 0.2) is 0 Å². The molecule has 9 heteroatoms. The van der Waals surface area contributed by atoms with Crippen LogP contribution < -0.4 is 10.6 Å². The summed E-state index contributed by atoms with van der Waals surface area (Å²) in [6.45, 7) is 12.0. The molecule has 0 unspecified atom stereocenters. The molecule has 1 saturated heterocycles. The number of nitrogens with zero attached hydrogens (tertiary/aromatic N) is 3. The monoisotopic (exact) mass is 605 g/mol. The first-order valence-corrected chi connectivity index (χ1v) is 15.9. The fraction of sp³-hybridized carbons (Fsp3) is 0.559. The van der Waals surface area contributed by atoms with Crippen molar-refractivity contribution < 1.29 is 14.3 Å². The summed E-state index contributed by atoms with van der Waals surface area (Å²) in [5, 5.41) is 15.4. The lowest BCUT2D eigenvalue weighted by Gasteiger charge is -2.32. The molecule has 0 aromatic heterocycles. The van der Waals surface area contributed by atoms with E-state index in [-0.39, 0.29) is 34.6 Å². The molecule has 2 aliphatic rings. The molecule has 1 heterocycles. The number of hydrogen-bond acceptors (Lipinski definition) is 7. The molecule has 232 valence electrons. The molecular weight excluding hydrogens is 558 g/mol. The fourth-order valence-corrected chi connectivity index (χ4v) is 5.88. The molecule has 4 atom stereocenters. The SMILES string of the molecule is CN1CCN(Cc2ccc(C(=O)NCc3cccc(CO[C@@H]4CCC[C@@H]4NC(=O)[C@H](C#N)[C@@H](S)C(C)(C)C)c3)cc2)CC1. The predicted molar refractivity (Wildman–Crippen MR) is 173 cm³/mol. The number of hydrogen-bond donors (Lipinski definition) is 3. The van der Waals surface area contributed by atoms with Gasteiger partial charge in [0.25, 0.3) is 5.91 Å². The van der Waals surface area contributed by atoms with Gasteiger partial charge in [0.1, 0.15) is 5.92 Å². The Morgan fingerprint density at radius 3 is 2.42 bits per heavy atom. The van der Waals surface area contributed by atoms with E-state index in [1.807, 2.05) is 69.3 Å². The first-order valence-electron chi connectivity index (χ1n) is 15.4. The van der Waals surface area contributed by atoms with Gasteiger partial charge in [-0.1, -0.05) is 57.2 Å². The van der Waals surface area contributed by atoms with Crippen LogP contribution in [0.2, 0.25) is 0 Å². The standard InChI is InChI=1S/C34H47N5O3S/c1-34(2,3)31(43)28(20-35)33(41)37-29-9-6-10-30(29)42-23-26-8-5-7-25(19-26)21-36-32(40)27-13-11-24(12-14-27)22-39-17-15-38(4)16-18-39/h5,7-8,11-14,19,28-31,43H,6,9-10,15-18,21-23H2,1-4H3,(H,36,40)(H,37,41)/t28-,29+,30-,31-/m1/s1. The molecular formula is C34H47N5O3S. The molecule has 1 aliphatic carbocycles. The summed E-state index contributed by atoms with van der Waals surface area (Å²) in [6.07, 6.45) is 2.53.